The van der Waals surface area contributed by atoms with E-state index in [1.165, 1.54) is 5.69 Å². The van der Waals surface area contributed by atoms with Gasteiger partial charge in [-0.1, -0.05) is 20.8 Å². The van der Waals surface area contributed by atoms with E-state index in [1.807, 2.05) is 7.05 Å². The summed E-state index contributed by atoms with van der Waals surface area (Å²) >= 11 is 1.72. The zero-order valence-electron chi connectivity index (χ0n) is 10.8. The molecule has 4 heteroatoms. The van der Waals surface area contributed by atoms with Crippen LogP contribution in [0.25, 0.3) is 0 Å². The average Bonchev–Trinajstić information content (AvgIpc) is 2.76. The fourth-order valence-electron chi connectivity index (χ4n) is 1.69. The molecule has 1 aromatic rings. The smallest absolute Gasteiger partial charge is 0.115 e. The summed E-state index contributed by atoms with van der Waals surface area (Å²) in [7, 11) is 3.71. The molecule has 0 saturated carbocycles. The second-order valence-electron chi connectivity index (χ2n) is 4.35. The number of hydrogen-bond donors (Lipinski definition) is 1. The van der Waals surface area contributed by atoms with Gasteiger partial charge in [-0.15, -0.1) is 11.3 Å². The van der Waals surface area contributed by atoms with Crippen molar-refractivity contribution in [2.45, 2.75) is 38.6 Å². The highest BCUT2D eigenvalue weighted by molar-refractivity contribution is 7.09. The van der Waals surface area contributed by atoms with E-state index < -0.39 is 0 Å². The lowest BCUT2D eigenvalue weighted by Crippen LogP contribution is -2.43. The fourth-order valence-corrected chi connectivity index (χ4v) is 2.93. The second kappa shape index (κ2) is 5.75. The van der Waals surface area contributed by atoms with Gasteiger partial charge in [0, 0.05) is 12.5 Å². The first-order valence-corrected chi connectivity index (χ1v) is 6.61. The summed E-state index contributed by atoms with van der Waals surface area (Å²) in [5, 5.41) is 6.64. The first kappa shape index (κ1) is 13.6. The van der Waals surface area contributed by atoms with Crippen LogP contribution in [-0.2, 0) is 10.3 Å². The molecular weight excluding hydrogens is 220 g/mol. The summed E-state index contributed by atoms with van der Waals surface area (Å²) in [5.41, 5.74) is 1.04. The maximum atomic E-state index is 5.32. The molecule has 1 atom stereocenters. The van der Waals surface area contributed by atoms with Crippen LogP contribution in [0, 0.1) is 0 Å². The third-order valence-electron chi connectivity index (χ3n) is 3.00. The first-order chi connectivity index (χ1) is 7.59. The van der Waals surface area contributed by atoms with Crippen molar-refractivity contribution in [2.75, 3.05) is 20.8 Å². The van der Waals surface area contributed by atoms with Crippen LogP contribution in [0.1, 0.15) is 43.8 Å². The molecule has 0 bridgehead atoms. The molecule has 0 aromatic carbocycles. The third-order valence-corrected chi connectivity index (χ3v) is 4.06. The zero-order valence-corrected chi connectivity index (χ0v) is 11.6. The Morgan fingerprint density at radius 2 is 2.25 bits per heavy atom. The number of ether oxygens (including phenoxy) is 1. The second-order valence-corrected chi connectivity index (χ2v) is 5.21. The molecule has 1 unspecified atom stereocenters. The van der Waals surface area contributed by atoms with Crippen molar-refractivity contribution in [1.82, 2.24) is 10.3 Å². The van der Waals surface area contributed by atoms with E-state index in [2.05, 4.69) is 31.5 Å². The Balaban J connectivity index is 3.00. The molecule has 1 N–H and O–H groups in total. The third kappa shape index (κ3) is 2.62. The predicted molar refractivity (Wildman–Crippen MR) is 69.1 cm³/mol. The summed E-state index contributed by atoms with van der Waals surface area (Å²) in [6, 6.07) is 0. The Kier molecular flexibility index (Phi) is 4.89. The molecule has 1 heterocycles. The number of nitrogens with one attached hydrogen (secondary N) is 1. The molecule has 0 aliphatic rings. The van der Waals surface area contributed by atoms with Crippen molar-refractivity contribution in [3.8, 4) is 0 Å². The van der Waals surface area contributed by atoms with Crippen LogP contribution in [0.5, 0.6) is 0 Å². The van der Waals surface area contributed by atoms with Crippen molar-refractivity contribution in [1.29, 1.82) is 0 Å². The highest BCUT2D eigenvalue weighted by Gasteiger charge is 2.32. The van der Waals surface area contributed by atoms with Gasteiger partial charge in [0.25, 0.3) is 0 Å². The van der Waals surface area contributed by atoms with Gasteiger partial charge in [-0.2, -0.15) is 0 Å². The van der Waals surface area contributed by atoms with Crippen LogP contribution < -0.4 is 5.32 Å². The quantitative estimate of drug-likeness (QED) is 0.833. The fraction of sp³-hybridized carbons (Fsp3) is 0.750. The van der Waals surface area contributed by atoms with Crippen molar-refractivity contribution < 1.29 is 4.74 Å². The number of thiazole rings is 1. The van der Waals surface area contributed by atoms with Gasteiger partial charge in [-0.05, 0) is 19.4 Å². The lowest BCUT2D eigenvalue weighted by Gasteiger charge is -2.29. The SMILES string of the molecule is CCC(COC)(NC)c1nc(C(C)C)cs1. The number of nitrogens with zero attached hydrogens (tertiary/aromatic N) is 1. The number of hydrogen-bond acceptors (Lipinski definition) is 4. The molecule has 0 radical (unpaired) electrons. The van der Waals surface area contributed by atoms with Crippen LogP contribution in [0.15, 0.2) is 5.38 Å². The van der Waals surface area contributed by atoms with E-state index >= 15 is 0 Å². The Morgan fingerprint density at radius 1 is 1.56 bits per heavy atom. The number of aromatic nitrogens is 1. The minimum Gasteiger partial charge on any atom is -0.382 e. The van der Waals surface area contributed by atoms with E-state index in [4.69, 9.17) is 9.72 Å². The normalized spacial score (nSPS) is 15.4. The minimum atomic E-state index is -0.132. The van der Waals surface area contributed by atoms with Gasteiger partial charge >= 0.3 is 0 Å². The average molecular weight is 242 g/mol. The number of rotatable bonds is 6. The molecule has 3 nitrogen and oxygen atoms in total. The molecule has 0 aliphatic carbocycles. The molecule has 0 amide bonds. The van der Waals surface area contributed by atoms with Gasteiger partial charge in [0.2, 0.25) is 0 Å². The Morgan fingerprint density at radius 3 is 2.62 bits per heavy atom. The van der Waals surface area contributed by atoms with Gasteiger partial charge in [0.1, 0.15) is 5.01 Å². The van der Waals surface area contributed by atoms with Crippen molar-refractivity contribution in [3.05, 3.63) is 16.1 Å². The lowest BCUT2D eigenvalue weighted by atomic mass is 9.98. The molecular formula is C12H22N2OS. The summed E-state index contributed by atoms with van der Waals surface area (Å²) < 4.78 is 5.32. The van der Waals surface area contributed by atoms with Crippen molar-refractivity contribution >= 4 is 11.3 Å². The number of likely N-dealkylation sites (N-methyl/N-ethyl adjacent to an activating group) is 1. The summed E-state index contributed by atoms with van der Waals surface area (Å²) in [6.07, 6.45) is 0.975. The van der Waals surface area contributed by atoms with E-state index in [0.717, 1.165) is 11.4 Å². The van der Waals surface area contributed by atoms with Crippen molar-refractivity contribution in [2.24, 2.45) is 0 Å². The topological polar surface area (TPSA) is 34.1 Å². The molecule has 0 aliphatic heterocycles. The Hall–Kier alpha value is -0.450. The molecule has 0 saturated heterocycles. The molecule has 16 heavy (non-hydrogen) atoms. The van der Waals surface area contributed by atoms with Gasteiger partial charge < -0.3 is 10.1 Å². The molecule has 1 aromatic heterocycles. The summed E-state index contributed by atoms with van der Waals surface area (Å²) in [6.45, 7) is 7.15. The van der Waals surface area contributed by atoms with Crippen LogP contribution in [-0.4, -0.2) is 25.7 Å². The zero-order chi connectivity index (χ0) is 12.2. The summed E-state index contributed by atoms with van der Waals surface area (Å²) in [4.78, 5) is 4.72. The predicted octanol–water partition coefficient (Wildman–Crippen LogP) is 2.74. The maximum absolute atomic E-state index is 5.32. The minimum absolute atomic E-state index is 0.132. The number of methoxy groups -OCH3 is 1. The van der Waals surface area contributed by atoms with E-state index in [-0.39, 0.29) is 5.54 Å². The Labute approximate surface area is 102 Å². The van der Waals surface area contributed by atoms with Crippen LogP contribution in [0.2, 0.25) is 0 Å². The summed E-state index contributed by atoms with van der Waals surface area (Å²) in [5.74, 6) is 0.485. The van der Waals surface area contributed by atoms with Gasteiger partial charge in [-0.25, -0.2) is 4.98 Å². The largest absolute Gasteiger partial charge is 0.382 e. The molecule has 1 rings (SSSR count). The van der Waals surface area contributed by atoms with Crippen LogP contribution in [0.4, 0.5) is 0 Å². The highest BCUT2D eigenvalue weighted by atomic mass is 32.1. The lowest BCUT2D eigenvalue weighted by molar-refractivity contribution is 0.109. The molecule has 0 spiro atoms. The van der Waals surface area contributed by atoms with Crippen molar-refractivity contribution in [3.63, 3.8) is 0 Å². The maximum Gasteiger partial charge on any atom is 0.115 e. The highest BCUT2D eigenvalue weighted by Crippen LogP contribution is 2.30. The monoisotopic (exact) mass is 242 g/mol. The first-order valence-electron chi connectivity index (χ1n) is 5.73. The van der Waals surface area contributed by atoms with Gasteiger partial charge in [0.15, 0.2) is 0 Å². The Bertz CT molecular complexity index is 319. The standard InChI is InChI=1S/C12H22N2OS/c1-6-12(13-4,8-15-5)11-14-10(7-16-11)9(2)3/h7,9,13H,6,8H2,1-5H3. The van der Waals surface area contributed by atoms with Gasteiger partial charge in [0.05, 0.1) is 17.8 Å². The molecule has 92 valence electrons. The van der Waals surface area contributed by atoms with E-state index in [0.29, 0.717) is 12.5 Å². The van der Waals surface area contributed by atoms with E-state index in [9.17, 15) is 0 Å². The van der Waals surface area contributed by atoms with Crippen LogP contribution in [0.3, 0.4) is 0 Å². The van der Waals surface area contributed by atoms with Gasteiger partial charge in [-0.3, -0.25) is 0 Å². The van der Waals surface area contributed by atoms with E-state index in [1.54, 1.807) is 18.4 Å². The molecule has 0 fully saturated rings. The van der Waals surface area contributed by atoms with Crippen LogP contribution >= 0.6 is 11.3 Å².